The van der Waals surface area contributed by atoms with Crippen LogP contribution in [0.5, 0.6) is 0 Å². The van der Waals surface area contributed by atoms with Crippen LogP contribution in [0.1, 0.15) is 59.3 Å². The number of ether oxygens (including phenoxy) is 3. The molecule has 6 aliphatic rings. The highest BCUT2D eigenvalue weighted by molar-refractivity contribution is 5.67. The summed E-state index contributed by atoms with van der Waals surface area (Å²) in [6, 6.07) is 0. The van der Waals surface area contributed by atoms with E-state index in [1.807, 2.05) is 0 Å². The molecule has 32 heavy (non-hydrogen) atoms. The normalized spacial score (nSPS) is 52.9. The lowest BCUT2D eigenvalue weighted by Gasteiger charge is -2.59. The van der Waals surface area contributed by atoms with Gasteiger partial charge in [-0.2, -0.15) is 0 Å². The topological polar surface area (TPSA) is 88.5 Å². The van der Waals surface area contributed by atoms with Gasteiger partial charge in [-0.3, -0.25) is 4.79 Å². The molecule has 0 bridgehead atoms. The molecule has 0 spiro atoms. The second-order valence-electron chi connectivity index (χ2n) is 12.0. The summed E-state index contributed by atoms with van der Waals surface area (Å²) < 4.78 is 18.0. The molecule has 178 valence electrons. The number of carboxylic acids is 1. The number of rotatable bonds is 4. The van der Waals surface area contributed by atoms with Gasteiger partial charge in [-0.25, -0.2) is 0 Å². The van der Waals surface area contributed by atoms with Gasteiger partial charge in [0, 0.05) is 17.3 Å². The Kier molecular flexibility index (Phi) is 4.90. The van der Waals surface area contributed by atoms with Crippen molar-refractivity contribution < 1.29 is 29.2 Å². The van der Waals surface area contributed by atoms with E-state index in [1.54, 1.807) is 0 Å². The predicted molar refractivity (Wildman–Crippen MR) is 117 cm³/mol. The van der Waals surface area contributed by atoms with Crippen LogP contribution in [-0.2, 0) is 19.0 Å². The molecule has 4 aliphatic carbocycles. The Bertz CT molecular complexity index is 819. The van der Waals surface area contributed by atoms with Crippen LogP contribution in [0.25, 0.3) is 0 Å². The van der Waals surface area contributed by atoms with Gasteiger partial charge in [0.05, 0.1) is 37.9 Å². The number of epoxide rings is 1. The molecular weight excluding hydrogens is 408 g/mol. The number of carbonyl (C=O) groups is 1. The van der Waals surface area contributed by atoms with Gasteiger partial charge in [-0.1, -0.05) is 32.4 Å². The zero-order valence-corrected chi connectivity index (χ0v) is 19.5. The van der Waals surface area contributed by atoms with Crippen molar-refractivity contribution in [3.05, 3.63) is 11.6 Å². The number of hydrogen-bond donors (Lipinski definition) is 2. The van der Waals surface area contributed by atoms with E-state index in [2.05, 4.69) is 26.8 Å². The molecule has 0 aromatic rings. The molecule has 11 atom stereocenters. The van der Waals surface area contributed by atoms with Crippen molar-refractivity contribution >= 4 is 5.97 Å². The van der Waals surface area contributed by atoms with Crippen molar-refractivity contribution in [1.29, 1.82) is 0 Å². The summed E-state index contributed by atoms with van der Waals surface area (Å²) in [6.07, 6.45) is 7.30. The van der Waals surface area contributed by atoms with Crippen molar-refractivity contribution in [2.24, 2.45) is 46.3 Å². The van der Waals surface area contributed by atoms with Gasteiger partial charge in [0.2, 0.25) is 0 Å². The highest BCUT2D eigenvalue weighted by atomic mass is 16.7. The quantitative estimate of drug-likeness (QED) is 0.507. The maximum absolute atomic E-state index is 11.4. The average molecular weight is 447 g/mol. The Balaban J connectivity index is 1.29. The van der Waals surface area contributed by atoms with E-state index in [0.717, 1.165) is 19.3 Å². The molecule has 2 aliphatic heterocycles. The molecule has 2 heterocycles. The highest BCUT2D eigenvalue weighted by Crippen LogP contribution is 2.70. The van der Waals surface area contributed by atoms with Gasteiger partial charge in [-0.15, -0.1) is 0 Å². The molecule has 2 saturated heterocycles. The van der Waals surface area contributed by atoms with Crippen LogP contribution < -0.4 is 0 Å². The van der Waals surface area contributed by atoms with Crippen molar-refractivity contribution in [3.8, 4) is 0 Å². The summed E-state index contributed by atoms with van der Waals surface area (Å²) in [5.41, 5.74) is 1.39. The molecule has 6 heteroatoms. The molecule has 0 radical (unpaired) electrons. The van der Waals surface area contributed by atoms with Crippen LogP contribution in [0.4, 0.5) is 0 Å². The smallest absolute Gasteiger partial charge is 0.303 e. The van der Waals surface area contributed by atoms with Crippen molar-refractivity contribution in [2.75, 3.05) is 13.2 Å². The van der Waals surface area contributed by atoms with Crippen LogP contribution in [-0.4, -0.2) is 54.0 Å². The Morgan fingerprint density at radius 1 is 1.19 bits per heavy atom. The van der Waals surface area contributed by atoms with Crippen molar-refractivity contribution in [1.82, 2.24) is 0 Å². The maximum Gasteiger partial charge on any atom is 0.303 e. The Morgan fingerprint density at radius 3 is 2.66 bits per heavy atom. The first-order chi connectivity index (χ1) is 15.2. The summed E-state index contributed by atoms with van der Waals surface area (Å²) in [5, 5.41) is 20.8. The summed E-state index contributed by atoms with van der Waals surface area (Å²) in [6.45, 7) is 8.50. The summed E-state index contributed by atoms with van der Waals surface area (Å²) in [7, 11) is 0. The monoisotopic (exact) mass is 446 g/mol. The van der Waals surface area contributed by atoms with Crippen LogP contribution in [0, 0.1) is 46.3 Å². The fraction of sp³-hybridized carbons (Fsp3) is 0.885. The average Bonchev–Trinajstić information content (AvgIpc) is 3.22. The van der Waals surface area contributed by atoms with Gasteiger partial charge in [-0.05, 0) is 61.2 Å². The number of aliphatic carboxylic acids is 1. The van der Waals surface area contributed by atoms with E-state index in [9.17, 15) is 15.0 Å². The molecule has 3 saturated carbocycles. The number of hydrogen-bond acceptors (Lipinski definition) is 5. The Labute approximate surface area is 190 Å². The third-order valence-electron chi connectivity index (χ3n) is 10.8. The van der Waals surface area contributed by atoms with Gasteiger partial charge in [0.25, 0.3) is 0 Å². The Hall–Kier alpha value is -0.950. The lowest BCUT2D eigenvalue weighted by molar-refractivity contribution is -0.138. The minimum atomic E-state index is -0.752. The zero-order valence-electron chi connectivity index (χ0n) is 19.5. The van der Waals surface area contributed by atoms with E-state index in [-0.39, 0.29) is 47.6 Å². The summed E-state index contributed by atoms with van der Waals surface area (Å²) in [5.74, 6) is 1.37. The third-order valence-corrected chi connectivity index (χ3v) is 10.8. The minimum Gasteiger partial charge on any atom is -0.481 e. The molecule has 6 nitrogen and oxygen atoms in total. The van der Waals surface area contributed by atoms with Crippen molar-refractivity contribution in [3.63, 3.8) is 0 Å². The SMILES string of the molecule is CC(C1OCCO1)[C@H]1CCC2C3C(CC[C@@]21C)[C@]1(C)C(=C[C@H]3O)C[C@@H](CC(=O)O)[C@@H]2O[C@@H]21. The van der Waals surface area contributed by atoms with E-state index in [4.69, 9.17) is 14.2 Å². The standard InChI is InChI=1S/C26H38O6/c1-13(24-30-8-9-31-24)16-4-5-17-21-18(6-7-25(16,17)2)26(3)15(12-19(21)27)10-14(11-20(28)29)22-23(26)32-22/h12-14,16-19,21-24,27H,4-11H2,1-3H3,(H,28,29)/t13?,14-,16+,17?,18?,19+,21?,22-,23-,25+,26-/m0/s1. The van der Waals surface area contributed by atoms with E-state index in [0.29, 0.717) is 36.9 Å². The lowest BCUT2D eigenvalue weighted by atomic mass is 9.46. The summed E-state index contributed by atoms with van der Waals surface area (Å²) in [4.78, 5) is 11.4. The highest BCUT2D eigenvalue weighted by Gasteiger charge is 2.69. The Morgan fingerprint density at radius 2 is 1.94 bits per heavy atom. The van der Waals surface area contributed by atoms with E-state index >= 15 is 0 Å². The third kappa shape index (κ3) is 2.88. The maximum atomic E-state index is 11.4. The van der Waals surface area contributed by atoms with Crippen LogP contribution in [0.15, 0.2) is 11.6 Å². The molecule has 0 amide bonds. The largest absolute Gasteiger partial charge is 0.481 e. The first kappa shape index (κ1) is 21.6. The van der Waals surface area contributed by atoms with Crippen LogP contribution in [0.3, 0.4) is 0 Å². The molecule has 0 aromatic carbocycles. The predicted octanol–water partition coefficient (Wildman–Crippen LogP) is 3.62. The lowest BCUT2D eigenvalue weighted by Crippen LogP contribution is -2.57. The molecule has 6 rings (SSSR count). The number of fused-ring (bicyclic) bond motifs is 7. The second-order valence-corrected chi connectivity index (χ2v) is 12.0. The number of aliphatic hydroxyl groups is 1. The fourth-order valence-corrected chi connectivity index (χ4v) is 9.34. The first-order valence-corrected chi connectivity index (χ1v) is 12.7. The van der Waals surface area contributed by atoms with E-state index < -0.39 is 12.1 Å². The number of carboxylic acid groups (broad SMARTS) is 1. The van der Waals surface area contributed by atoms with Crippen LogP contribution in [0.2, 0.25) is 0 Å². The zero-order chi connectivity index (χ0) is 22.4. The van der Waals surface area contributed by atoms with E-state index in [1.165, 1.54) is 18.4 Å². The number of aliphatic hydroxyl groups excluding tert-OH is 1. The van der Waals surface area contributed by atoms with Crippen molar-refractivity contribution in [2.45, 2.75) is 83.9 Å². The molecule has 4 unspecified atom stereocenters. The molecule has 5 fully saturated rings. The molecular formula is C26H38O6. The first-order valence-electron chi connectivity index (χ1n) is 12.7. The van der Waals surface area contributed by atoms with Gasteiger partial charge < -0.3 is 24.4 Å². The van der Waals surface area contributed by atoms with Crippen LogP contribution >= 0.6 is 0 Å². The van der Waals surface area contributed by atoms with Gasteiger partial charge >= 0.3 is 5.97 Å². The second kappa shape index (κ2) is 7.27. The minimum absolute atomic E-state index is 0.0394. The molecule has 0 aromatic heterocycles. The fourth-order valence-electron chi connectivity index (χ4n) is 9.34. The molecule has 2 N–H and O–H groups in total. The summed E-state index contributed by atoms with van der Waals surface area (Å²) >= 11 is 0. The van der Waals surface area contributed by atoms with Gasteiger partial charge in [0.15, 0.2) is 6.29 Å². The van der Waals surface area contributed by atoms with Gasteiger partial charge in [0.1, 0.15) is 0 Å².